The number of hydrogen-bond acceptors (Lipinski definition) is 10. The summed E-state index contributed by atoms with van der Waals surface area (Å²) in [6, 6.07) is 6.34. The largest absolute Gasteiger partial charge is 0.479 e. The van der Waals surface area contributed by atoms with Crippen LogP contribution in [0.25, 0.3) is 0 Å². The van der Waals surface area contributed by atoms with Gasteiger partial charge in [-0.2, -0.15) is 5.10 Å². The summed E-state index contributed by atoms with van der Waals surface area (Å²) < 4.78 is 17.9. The minimum absolute atomic E-state index is 0.350. The smallest absolute Gasteiger partial charge is 0.335 e. The van der Waals surface area contributed by atoms with E-state index in [0.29, 0.717) is 10.8 Å². The highest BCUT2D eigenvalue weighted by atomic mass is 35.5. The van der Waals surface area contributed by atoms with Crippen LogP contribution in [0.2, 0.25) is 5.02 Å². The molecule has 176 valence electrons. The van der Waals surface area contributed by atoms with Crippen molar-refractivity contribution in [2.75, 3.05) is 0 Å². The summed E-state index contributed by atoms with van der Waals surface area (Å²) in [6.45, 7) is 2.88. The maximum Gasteiger partial charge on any atom is 0.335 e. The number of nitrogens with zero attached hydrogens (tertiary/aromatic N) is 3. The summed E-state index contributed by atoms with van der Waals surface area (Å²) in [5, 5.41) is 54.8. The first-order chi connectivity index (χ1) is 15.0. The van der Waals surface area contributed by atoms with Crippen molar-refractivity contribution in [1.29, 1.82) is 0 Å². The number of aliphatic carboxylic acids is 1. The fraction of sp³-hybridized carbons (Fsp3) is 0.526. The fourth-order valence-corrected chi connectivity index (χ4v) is 3.25. The molecule has 2 unspecified atom stereocenters. The Morgan fingerprint density at radius 1 is 1.19 bits per heavy atom. The molecule has 2 heterocycles. The van der Waals surface area contributed by atoms with E-state index >= 15 is 0 Å². The Morgan fingerprint density at radius 2 is 1.84 bits per heavy atom. The van der Waals surface area contributed by atoms with Crippen LogP contribution in [-0.4, -0.2) is 88.7 Å². The zero-order valence-electron chi connectivity index (χ0n) is 17.1. The van der Waals surface area contributed by atoms with E-state index < -0.39 is 54.6 Å². The molecule has 7 atom stereocenters. The van der Waals surface area contributed by atoms with Crippen molar-refractivity contribution in [2.45, 2.75) is 62.5 Å². The Hall–Kier alpha value is -2.32. The number of aromatic nitrogens is 3. The number of ether oxygens (including phenoxy) is 3. The van der Waals surface area contributed by atoms with Crippen LogP contribution in [0, 0.1) is 0 Å². The maximum absolute atomic E-state index is 11.3. The number of carbonyl (C=O) groups is 1. The normalized spacial score (nSPS) is 28.2. The highest BCUT2D eigenvalue weighted by Gasteiger charge is 2.50. The quantitative estimate of drug-likeness (QED) is 0.335. The first kappa shape index (κ1) is 24.3. The summed E-state index contributed by atoms with van der Waals surface area (Å²) in [5.41, 5.74) is -1.54. The van der Waals surface area contributed by atoms with Crippen LogP contribution in [-0.2, 0) is 14.3 Å². The molecule has 32 heavy (non-hydrogen) atoms. The number of aliphatic hydroxyl groups is 4. The average Bonchev–Trinajstić information content (AvgIpc) is 3.27. The van der Waals surface area contributed by atoms with E-state index in [4.69, 9.17) is 25.8 Å². The van der Waals surface area contributed by atoms with Crippen LogP contribution in [0.4, 0.5) is 0 Å². The molecule has 5 N–H and O–H groups in total. The van der Waals surface area contributed by atoms with E-state index in [2.05, 4.69) is 10.1 Å². The van der Waals surface area contributed by atoms with Gasteiger partial charge < -0.3 is 39.7 Å². The van der Waals surface area contributed by atoms with Gasteiger partial charge in [0.15, 0.2) is 12.4 Å². The third-order valence-electron chi connectivity index (χ3n) is 4.98. The van der Waals surface area contributed by atoms with Gasteiger partial charge in [0.1, 0.15) is 42.8 Å². The number of hydrogen-bond donors (Lipinski definition) is 5. The number of rotatable bonds is 8. The first-order valence-corrected chi connectivity index (χ1v) is 9.93. The molecule has 1 aromatic carbocycles. The summed E-state index contributed by atoms with van der Waals surface area (Å²) >= 11 is 5.89. The molecule has 0 amide bonds. The molecule has 0 spiro atoms. The van der Waals surface area contributed by atoms with E-state index in [1.165, 1.54) is 31.2 Å². The van der Waals surface area contributed by atoms with Crippen molar-refractivity contribution < 1.29 is 44.5 Å². The zero-order valence-corrected chi connectivity index (χ0v) is 17.9. The maximum atomic E-state index is 11.3. The van der Waals surface area contributed by atoms with Crippen LogP contribution in [0.15, 0.2) is 36.9 Å². The van der Waals surface area contributed by atoms with Crippen molar-refractivity contribution in [3.8, 4) is 5.75 Å². The monoisotopic (exact) mass is 473 g/mol. The van der Waals surface area contributed by atoms with Crippen molar-refractivity contribution in [3.63, 3.8) is 0 Å². The molecule has 12 nitrogen and oxygen atoms in total. The molecule has 0 aliphatic carbocycles. The molecule has 1 aromatic heterocycles. The minimum atomic E-state index is -1.87. The highest BCUT2D eigenvalue weighted by Crippen LogP contribution is 2.32. The molecular formula is C19H24ClN3O9. The highest BCUT2D eigenvalue weighted by molar-refractivity contribution is 6.30. The summed E-state index contributed by atoms with van der Waals surface area (Å²) in [5.74, 6) is -1.20. The molecule has 0 radical (unpaired) electrons. The summed E-state index contributed by atoms with van der Waals surface area (Å²) in [4.78, 5) is 15.2. The molecule has 1 fully saturated rings. The topological polar surface area (TPSA) is 177 Å². The third-order valence-corrected chi connectivity index (χ3v) is 5.24. The van der Waals surface area contributed by atoms with E-state index in [1.807, 2.05) is 0 Å². The first-order valence-electron chi connectivity index (χ1n) is 9.56. The predicted molar refractivity (Wildman–Crippen MR) is 107 cm³/mol. The van der Waals surface area contributed by atoms with Crippen LogP contribution in [0.1, 0.15) is 20.1 Å². The number of benzene rings is 1. The molecule has 1 saturated heterocycles. The Kier molecular flexibility index (Phi) is 7.35. The Bertz CT molecular complexity index is 896. The molecule has 2 aromatic rings. The predicted octanol–water partition coefficient (Wildman–Crippen LogP) is -0.443. The second-order valence-corrected chi connectivity index (χ2v) is 8.18. The lowest BCUT2D eigenvalue weighted by atomic mass is 9.96. The van der Waals surface area contributed by atoms with Crippen LogP contribution >= 0.6 is 11.6 Å². The van der Waals surface area contributed by atoms with Crippen molar-refractivity contribution in [1.82, 2.24) is 14.8 Å². The molecule has 13 heteroatoms. The van der Waals surface area contributed by atoms with E-state index in [-0.39, 0.29) is 0 Å². The van der Waals surface area contributed by atoms with Crippen molar-refractivity contribution in [2.24, 2.45) is 0 Å². The standard InChI is InChI=1S/C19H24ClN3O9/c1-19(2,32-18-13(26)11(24)12(25)14(31-18)17(28)29)15(27)16(23-8-21-7-22-23)30-10-5-3-9(20)4-6-10/h3-8,11-16,18,24-27H,1-2H3,(H,28,29)/t11-,12-,13+,14-,15?,16?,18-/m0/s1. The van der Waals surface area contributed by atoms with E-state index in [9.17, 15) is 30.3 Å². The van der Waals surface area contributed by atoms with Gasteiger partial charge in [-0.15, -0.1) is 0 Å². The van der Waals surface area contributed by atoms with Gasteiger partial charge in [0, 0.05) is 5.02 Å². The van der Waals surface area contributed by atoms with Crippen LogP contribution in [0.3, 0.4) is 0 Å². The minimum Gasteiger partial charge on any atom is -0.479 e. The second kappa shape index (κ2) is 9.67. The Labute approximate surface area is 187 Å². The lowest BCUT2D eigenvalue weighted by Crippen LogP contribution is -2.62. The van der Waals surface area contributed by atoms with Gasteiger partial charge in [0.25, 0.3) is 0 Å². The molecule has 1 aliphatic rings. The molecular weight excluding hydrogens is 450 g/mol. The lowest BCUT2D eigenvalue weighted by molar-refractivity contribution is -0.329. The van der Waals surface area contributed by atoms with Crippen molar-refractivity contribution >= 4 is 17.6 Å². The van der Waals surface area contributed by atoms with Gasteiger partial charge in [0.2, 0.25) is 6.23 Å². The van der Waals surface area contributed by atoms with Gasteiger partial charge in [-0.05, 0) is 38.1 Å². The van der Waals surface area contributed by atoms with Gasteiger partial charge in [-0.25, -0.2) is 14.5 Å². The zero-order chi connectivity index (χ0) is 23.6. The second-order valence-electron chi connectivity index (χ2n) is 7.74. The van der Waals surface area contributed by atoms with E-state index in [1.54, 1.807) is 24.3 Å². The summed E-state index contributed by atoms with van der Waals surface area (Å²) in [6.07, 6.45) is -9.11. The molecule has 0 saturated carbocycles. The van der Waals surface area contributed by atoms with Gasteiger partial charge in [-0.3, -0.25) is 0 Å². The van der Waals surface area contributed by atoms with Crippen LogP contribution in [0.5, 0.6) is 5.75 Å². The lowest BCUT2D eigenvalue weighted by Gasteiger charge is -2.43. The van der Waals surface area contributed by atoms with Crippen LogP contribution < -0.4 is 4.74 Å². The average molecular weight is 474 g/mol. The Balaban J connectivity index is 1.82. The molecule has 3 rings (SSSR count). The summed E-state index contributed by atoms with van der Waals surface area (Å²) in [7, 11) is 0. The third kappa shape index (κ3) is 5.18. The van der Waals surface area contributed by atoms with Gasteiger partial charge in [0.05, 0.1) is 5.60 Å². The van der Waals surface area contributed by atoms with Crippen molar-refractivity contribution in [3.05, 3.63) is 41.9 Å². The van der Waals surface area contributed by atoms with E-state index in [0.717, 1.165) is 0 Å². The number of carboxylic acids is 1. The number of carboxylic acid groups (broad SMARTS) is 1. The number of halogens is 1. The molecule has 1 aliphatic heterocycles. The SMILES string of the molecule is CC(C)(O[C@@H]1O[C@H](C(=O)O)[C@@H](O)[C@H](O)[C@H]1O)C(O)C(Oc1ccc(Cl)cc1)n1cncn1. The van der Waals surface area contributed by atoms with Gasteiger partial charge in [-0.1, -0.05) is 11.6 Å². The fourth-order valence-electron chi connectivity index (χ4n) is 3.13. The Morgan fingerprint density at radius 3 is 2.41 bits per heavy atom. The number of aliphatic hydroxyl groups excluding tert-OH is 4. The van der Waals surface area contributed by atoms with Gasteiger partial charge >= 0.3 is 5.97 Å². The molecule has 0 bridgehead atoms.